The lowest BCUT2D eigenvalue weighted by Gasteiger charge is -2.36. The fraction of sp³-hybridized carbons (Fsp3) is 0.769. The highest BCUT2D eigenvalue weighted by molar-refractivity contribution is 5.13. The van der Waals surface area contributed by atoms with E-state index in [-0.39, 0.29) is 5.92 Å². The summed E-state index contributed by atoms with van der Waals surface area (Å²) >= 11 is 0. The van der Waals surface area contributed by atoms with Gasteiger partial charge in [0.1, 0.15) is 5.60 Å². The molecule has 1 aromatic rings. The Kier molecular flexibility index (Phi) is 3.84. The van der Waals surface area contributed by atoms with Crippen LogP contribution in [0.4, 0.5) is 0 Å². The molecule has 0 amide bonds. The number of rotatable bonds is 4. The third-order valence-electron chi connectivity index (χ3n) is 3.76. The third-order valence-corrected chi connectivity index (χ3v) is 3.76. The van der Waals surface area contributed by atoms with Crippen molar-refractivity contribution < 1.29 is 5.11 Å². The highest BCUT2D eigenvalue weighted by Gasteiger charge is 2.36. The molecule has 96 valence electrons. The molecule has 0 bridgehead atoms. The van der Waals surface area contributed by atoms with Gasteiger partial charge in [0.2, 0.25) is 0 Å². The molecule has 0 aromatic carbocycles. The molecule has 0 radical (unpaired) electrons. The monoisotopic (exact) mass is 237 g/mol. The van der Waals surface area contributed by atoms with Crippen LogP contribution in [0.3, 0.4) is 0 Å². The Morgan fingerprint density at radius 2 is 2.47 bits per heavy atom. The normalized spacial score (nSPS) is 24.5. The van der Waals surface area contributed by atoms with Crippen LogP contribution in [0.1, 0.15) is 38.8 Å². The third kappa shape index (κ3) is 2.53. The molecule has 1 fully saturated rings. The van der Waals surface area contributed by atoms with Gasteiger partial charge in [0.25, 0.3) is 0 Å². The van der Waals surface area contributed by atoms with Gasteiger partial charge in [0, 0.05) is 25.2 Å². The van der Waals surface area contributed by atoms with Gasteiger partial charge >= 0.3 is 0 Å². The Morgan fingerprint density at radius 1 is 1.65 bits per heavy atom. The molecule has 2 unspecified atom stereocenters. The van der Waals surface area contributed by atoms with E-state index in [1.165, 1.54) is 0 Å². The Hall–Kier alpha value is -0.870. The Labute approximate surface area is 103 Å². The second-order valence-corrected chi connectivity index (χ2v) is 5.13. The van der Waals surface area contributed by atoms with E-state index >= 15 is 0 Å². The molecule has 0 aliphatic carbocycles. The van der Waals surface area contributed by atoms with Gasteiger partial charge in [-0.25, -0.2) is 0 Å². The number of hydrogen-bond donors (Lipinski definition) is 2. The van der Waals surface area contributed by atoms with Crippen molar-refractivity contribution in [2.24, 2.45) is 5.92 Å². The molecule has 2 rings (SSSR count). The predicted octanol–water partition coefficient (Wildman–Crippen LogP) is 1.50. The maximum atomic E-state index is 10.8. The standard InChI is InChI=1S/C13H23N3O/c1-3-9-16-12(6-8-15-16)13(2,17)11-5-4-7-14-10-11/h6,8,11,14,17H,3-5,7,9-10H2,1-2H3. The lowest BCUT2D eigenvalue weighted by atomic mass is 9.81. The van der Waals surface area contributed by atoms with Crippen molar-refractivity contribution in [3.05, 3.63) is 18.0 Å². The van der Waals surface area contributed by atoms with Gasteiger partial charge in [-0.2, -0.15) is 5.10 Å². The van der Waals surface area contributed by atoms with E-state index in [9.17, 15) is 5.11 Å². The van der Waals surface area contributed by atoms with Gasteiger partial charge in [-0.15, -0.1) is 0 Å². The van der Waals surface area contributed by atoms with Gasteiger partial charge in [-0.05, 0) is 38.8 Å². The van der Waals surface area contributed by atoms with E-state index in [2.05, 4.69) is 17.3 Å². The van der Waals surface area contributed by atoms with Crippen LogP contribution in [0.25, 0.3) is 0 Å². The molecule has 2 N–H and O–H groups in total. The molecule has 1 aromatic heterocycles. The zero-order valence-corrected chi connectivity index (χ0v) is 10.8. The molecule has 2 heterocycles. The fourth-order valence-electron chi connectivity index (χ4n) is 2.69. The minimum atomic E-state index is -0.779. The minimum absolute atomic E-state index is 0.281. The highest BCUT2D eigenvalue weighted by atomic mass is 16.3. The highest BCUT2D eigenvalue weighted by Crippen LogP contribution is 2.33. The van der Waals surface area contributed by atoms with Crippen LogP contribution in [-0.2, 0) is 12.1 Å². The lowest BCUT2D eigenvalue weighted by molar-refractivity contribution is -0.0233. The van der Waals surface area contributed by atoms with Crippen LogP contribution in [0, 0.1) is 5.92 Å². The van der Waals surface area contributed by atoms with E-state index in [0.717, 1.165) is 44.6 Å². The minimum Gasteiger partial charge on any atom is -0.384 e. The number of aliphatic hydroxyl groups is 1. The van der Waals surface area contributed by atoms with Crippen LogP contribution >= 0.6 is 0 Å². The summed E-state index contributed by atoms with van der Waals surface area (Å²) in [7, 11) is 0. The molecule has 4 heteroatoms. The summed E-state index contributed by atoms with van der Waals surface area (Å²) in [5.41, 5.74) is 0.173. The van der Waals surface area contributed by atoms with E-state index in [0.29, 0.717) is 0 Å². The van der Waals surface area contributed by atoms with Crippen LogP contribution in [0.2, 0.25) is 0 Å². The van der Waals surface area contributed by atoms with Gasteiger partial charge in [-0.3, -0.25) is 4.68 Å². The Morgan fingerprint density at radius 3 is 3.12 bits per heavy atom. The van der Waals surface area contributed by atoms with E-state index < -0.39 is 5.60 Å². The number of aromatic nitrogens is 2. The van der Waals surface area contributed by atoms with Gasteiger partial charge in [-0.1, -0.05) is 6.92 Å². The topological polar surface area (TPSA) is 50.1 Å². The average molecular weight is 237 g/mol. The summed E-state index contributed by atoms with van der Waals surface area (Å²) in [5, 5.41) is 18.5. The zero-order chi connectivity index (χ0) is 12.3. The molecule has 1 saturated heterocycles. The summed E-state index contributed by atoms with van der Waals surface area (Å²) in [4.78, 5) is 0. The summed E-state index contributed by atoms with van der Waals surface area (Å²) < 4.78 is 1.94. The number of nitrogens with one attached hydrogen (secondary N) is 1. The number of aryl methyl sites for hydroxylation is 1. The SMILES string of the molecule is CCCn1nccc1C(C)(O)C1CCCNC1. The van der Waals surface area contributed by atoms with E-state index in [1.54, 1.807) is 6.20 Å². The first kappa shape index (κ1) is 12.6. The van der Waals surface area contributed by atoms with Gasteiger partial charge in [0.05, 0.1) is 5.69 Å². The quantitative estimate of drug-likeness (QED) is 0.834. The summed E-state index contributed by atoms with van der Waals surface area (Å²) in [5.74, 6) is 0.281. The van der Waals surface area contributed by atoms with Crippen LogP contribution in [-0.4, -0.2) is 28.0 Å². The number of hydrogen-bond acceptors (Lipinski definition) is 3. The number of nitrogens with zero attached hydrogens (tertiary/aromatic N) is 2. The maximum Gasteiger partial charge on any atom is 0.107 e. The van der Waals surface area contributed by atoms with Crippen molar-refractivity contribution in [3.63, 3.8) is 0 Å². The predicted molar refractivity (Wildman–Crippen MR) is 67.7 cm³/mol. The van der Waals surface area contributed by atoms with Crippen molar-refractivity contribution in [1.82, 2.24) is 15.1 Å². The molecule has 17 heavy (non-hydrogen) atoms. The smallest absolute Gasteiger partial charge is 0.107 e. The first-order valence-corrected chi connectivity index (χ1v) is 6.61. The molecule has 0 spiro atoms. The van der Waals surface area contributed by atoms with Crippen molar-refractivity contribution in [2.75, 3.05) is 13.1 Å². The van der Waals surface area contributed by atoms with Crippen LogP contribution in [0.5, 0.6) is 0 Å². The second kappa shape index (κ2) is 5.19. The zero-order valence-electron chi connectivity index (χ0n) is 10.8. The maximum absolute atomic E-state index is 10.8. The molecular formula is C13H23N3O. The Balaban J connectivity index is 2.20. The molecule has 4 nitrogen and oxygen atoms in total. The molecule has 1 aliphatic heterocycles. The van der Waals surface area contributed by atoms with Crippen LogP contribution in [0.15, 0.2) is 12.3 Å². The molecule has 0 saturated carbocycles. The first-order chi connectivity index (χ1) is 8.16. The molecule has 2 atom stereocenters. The van der Waals surface area contributed by atoms with E-state index in [4.69, 9.17) is 0 Å². The lowest BCUT2D eigenvalue weighted by Crippen LogP contribution is -2.43. The summed E-state index contributed by atoms with van der Waals surface area (Å²) in [6.07, 6.45) is 5.05. The van der Waals surface area contributed by atoms with E-state index in [1.807, 2.05) is 17.7 Å². The van der Waals surface area contributed by atoms with Gasteiger partial charge in [0.15, 0.2) is 0 Å². The van der Waals surface area contributed by atoms with Crippen molar-refractivity contribution in [1.29, 1.82) is 0 Å². The second-order valence-electron chi connectivity index (χ2n) is 5.13. The summed E-state index contributed by atoms with van der Waals surface area (Å²) in [6.45, 7) is 6.89. The first-order valence-electron chi connectivity index (χ1n) is 6.61. The molecule has 1 aliphatic rings. The average Bonchev–Trinajstić information content (AvgIpc) is 2.80. The summed E-state index contributed by atoms with van der Waals surface area (Å²) in [6, 6.07) is 1.95. The number of piperidine rings is 1. The van der Waals surface area contributed by atoms with Crippen molar-refractivity contribution in [2.45, 2.75) is 45.3 Å². The van der Waals surface area contributed by atoms with Gasteiger partial charge < -0.3 is 10.4 Å². The van der Waals surface area contributed by atoms with Crippen molar-refractivity contribution >= 4 is 0 Å². The Bertz CT molecular complexity index is 353. The van der Waals surface area contributed by atoms with Crippen LogP contribution < -0.4 is 5.32 Å². The van der Waals surface area contributed by atoms with Crippen molar-refractivity contribution in [3.8, 4) is 0 Å². The molecular weight excluding hydrogens is 214 g/mol. The largest absolute Gasteiger partial charge is 0.384 e. The fourth-order valence-corrected chi connectivity index (χ4v) is 2.69.